The van der Waals surface area contributed by atoms with Gasteiger partial charge in [-0.05, 0) is 41.3 Å². The van der Waals surface area contributed by atoms with Crippen LogP contribution in [0.5, 0.6) is 5.75 Å². The number of benzene rings is 2. The summed E-state index contributed by atoms with van der Waals surface area (Å²) >= 11 is 2.67. The topological polar surface area (TPSA) is 80.3 Å². The van der Waals surface area contributed by atoms with Crippen molar-refractivity contribution in [3.8, 4) is 17.0 Å². The SMILES string of the molecule is COc1ccc(-c2csc(NC(=O)C(Cc3ccccc3)NC(=O)c3cccs3)n2)cc1. The minimum Gasteiger partial charge on any atom is -0.497 e. The Kier molecular flexibility index (Phi) is 6.94. The number of carbonyl (C=O) groups excluding carboxylic acids is 2. The van der Waals surface area contributed by atoms with Crippen molar-refractivity contribution in [1.82, 2.24) is 10.3 Å². The maximum Gasteiger partial charge on any atom is 0.262 e. The van der Waals surface area contributed by atoms with E-state index < -0.39 is 6.04 Å². The van der Waals surface area contributed by atoms with Gasteiger partial charge in [-0.25, -0.2) is 4.98 Å². The van der Waals surface area contributed by atoms with Gasteiger partial charge >= 0.3 is 0 Å². The number of rotatable bonds is 8. The third kappa shape index (κ3) is 5.40. The summed E-state index contributed by atoms with van der Waals surface area (Å²) in [5.74, 6) is 0.186. The average molecular weight is 464 g/mol. The molecule has 0 fully saturated rings. The molecule has 0 saturated heterocycles. The molecule has 0 aliphatic carbocycles. The summed E-state index contributed by atoms with van der Waals surface area (Å²) in [6, 6.07) is 20.0. The lowest BCUT2D eigenvalue weighted by Crippen LogP contribution is -2.45. The van der Waals surface area contributed by atoms with Crippen molar-refractivity contribution in [1.29, 1.82) is 0 Å². The van der Waals surface area contributed by atoms with Crippen LogP contribution in [0.15, 0.2) is 77.5 Å². The molecule has 4 aromatic rings. The van der Waals surface area contributed by atoms with Gasteiger partial charge in [-0.1, -0.05) is 36.4 Å². The molecule has 0 spiro atoms. The summed E-state index contributed by atoms with van der Waals surface area (Å²) in [5.41, 5.74) is 2.64. The lowest BCUT2D eigenvalue weighted by molar-refractivity contribution is -0.118. The molecule has 0 radical (unpaired) electrons. The normalized spacial score (nSPS) is 11.5. The number of anilines is 1. The van der Waals surface area contributed by atoms with Gasteiger partial charge in [-0.3, -0.25) is 9.59 Å². The van der Waals surface area contributed by atoms with Crippen molar-refractivity contribution >= 4 is 39.6 Å². The fourth-order valence-corrected chi connectivity index (χ4v) is 4.46. The van der Waals surface area contributed by atoms with Crippen molar-refractivity contribution in [3.63, 3.8) is 0 Å². The minimum atomic E-state index is -0.736. The predicted octanol–water partition coefficient (Wildman–Crippen LogP) is 4.86. The van der Waals surface area contributed by atoms with Crippen LogP contribution in [-0.4, -0.2) is 29.9 Å². The van der Waals surface area contributed by atoms with Gasteiger partial charge in [0.1, 0.15) is 11.8 Å². The first-order valence-electron chi connectivity index (χ1n) is 9.91. The zero-order chi connectivity index (χ0) is 22.3. The third-order valence-electron chi connectivity index (χ3n) is 4.77. The Balaban J connectivity index is 1.49. The molecule has 0 aliphatic rings. The first-order chi connectivity index (χ1) is 15.6. The molecule has 6 nitrogen and oxygen atoms in total. The number of aromatic nitrogens is 1. The van der Waals surface area contributed by atoms with E-state index in [9.17, 15) is 9.59 Å². The summed E-state index contributed by atoms with van der Waals surface area (Å²) in [5, 5.41) is 9.91. The summed E-state index contributed by atoms with van der Waals surface area (Å²) < 4.78 is 5.19. The number of ether oxygens (including phenoxy) is 1. The molecule has 2 heterocycles. The Hall–Kier alpha value is -3.49. The molecular formula is C24H21N3O3S2. The van der Waals surface area contributed by atoms with Crippen LogP contribution in [0, 0.1) is 0 Å². The van der Waals surface area contributed by atoms with Crippen molar-refractivity contribution in [2.24, 2.45) is 0 Å². The molecule has 0 aliphatic heterocycles. The lowest BCUT2D eigenvalue weighted by atomic mass is 10.1. The quantitative estimate of drug-likeness (QED) is 0.391. The van der Waals surface area contributed by atoms with Crippen LogP contribution in [0.2, 0.25) is 0 Å². The van der Waals surface area contributed by atoms with Crippen molar-refractivity contribution < 1.29 is 14.3 Å². The van der Waals surface area contributed by atoms with Crippen molar-refractivity contribution in [3.05, 3.63) is 87.9 Å². The number of carbonyl (C=O) groups is 2. The summed E-state index contributed by atoms with van der Waals surface area (Å²) in [4.78, 5) is 30.8. The maximum absolute atomic E-state index is 13.1. The van der Waals surface area contributed by atoms with Gasteiger partial charge in [0.2, 0.25) is 5.91 Å². The van der Waals surface area contributed by atoms with E-state index in [1.807, 2.05) is 71.4 Å². The van der Waals surface area contributed by atoms with Gasteiger partial charge in [-0.2, -0.15) is 0 Å². The van der Waals surface area contributed by atoms with Gasteiger partial charge in [-0.15, -0.1) is 22.7 Å². The standard InChI is InChI=1S/C24H21N3O3S2/c1-30-18-11-9-17(10-12-18)20-15-32-24(26-20)27-22(28)19(14-16-6-3-2-4-7-16)25-23(29)21-8-5-13-31-21/h2-13,15,19H,14H2,1H3,(H,25,29)(H,26,27,28). The molecule has 4 rings (SSSR count). The first kappa shape index (κ1) is 21.7. The second-order valence-electron chi connectivity index (χ2n) is 6.95. The fraction of sp³-hybridized carbons (Fsp3) is 0.125. The molecule has 32 heavy (non-hydrogen) atoms. The Bertz CT molecular complexity index is 1170. The van der Waals surface area contributed by atoms with Crippen LogP contribution in [0.25, 0.3) is 11.3 Å². The van der Waals surface area contributed by atoms with E-state index in [1.165, 1.54) is 22.7 Å². The third-order valence-corrected chi connectivity index (χ3v) is 6.40. The van der Waals surface area contributed by atoms with Crippen molar-refractivity contribution in [2.45, 2.75) is 12.5 Å². The van der Waals surface area contributed by atoms with Gasteiger partial charge < -0.3 is 15.4 Å². The number of thiophene rings is 1. The molecule has 2 N–H and O–H groups in total. The maximum atomic E-state index is 13.1. The molecule has 2 aromatic heterocycles. The number of hydrogen-bond donors (Lipinski definition) is 2. The smallest absolute Gasteiger partial charge is 0.262 e. The average Bonchev–Trinajstić information content (AvgIpc) is 3.52. The molecule has 8 heteroatoms. The number of thiazole rings is 1. The number of methoxy groups -OCH3 is 1. The zero-order valence-corrected chi connectivity index (χ0v) is 18.9. The highest BCUT2D eigenvalue weighted by atomic mass is 32.1. The van der Waals surface area contributed by atoms with Crippen LogP contribution in [-0.2, 0) is 11.2 Å². The van der Waals surface area contributed by atoms with Crippen LogP contribution < -0.4 is 15.4 Å². The molecule has 2 amide bonds. The van der Waals surface area contributed by atoms with Crippen molar-refractivity contribution in [2.75, 3.05) is 12.4 Å². The fourth-order valence-electron chi connectivity index (χ4n) is 3.11. The molecule has 1 atom stereocenters. The molecule has 0 saturated carbocycles. The second-order valence-corrected chi connectivity index (χ2v) is 8.75. The molecule has 1 unspecified atom stereocenters. The first-order valence-corrected chi connectivity index (χ1v) is 11.7. The highest BCUT2D eigenvalue weighted by Crippen LogP contribution is 2.26. The number of nitrogens with one attached hydrogen (secondary N) is 2. The van der Waals surface area contributed by atoms with Gasteiger partial charge in [0.25, 0.3) is 5.91 Å². The Morgan fingerprint density at radius 3 is 2.47 bits per heavy atom. The van der Waals surface area contributed by atoms with Crippen LogP contribution in [0.3, 0.4) is 0 Å². The number of hydrogen-bond acceptors (Lipinski definition) is 6. The van der Waals surface area contributed by atoms with E-state index >= 15 is 0 Å². The molecule has 162 valence electrons. The van der Waals surface area contributed by atoms with Crippen LogP contribution in [0.4, 0.5) is 5.13 Å². The van der Waals surface area contributed by atoms with E-state index in [0.29, 0.717) is 16.4 Å². The predicted molar refractivity (Wildman–Crippen MR) is 128 cm³/mol. The van der Waals surface area contributed by atoms with Gasteiger partial charge in [0.15, 0.2) is 5.13 Å². The van der Waals surface area contributed by atoms with E-state index in [1.54, 1.807) is 13.2 Å². The van der Waals surface area contributed by atoms with E-state index in [-0.39, 0.29) is 11.8 Å². The Labute approximate surface area is 193 Å². The van der Waals surface area contributed by atoms with E-state index in [4.69, 9.17) is 4.74 Å². The van der Waals surface area contributed by atoms with Gasteiger partial charge in [0, 0.05) is 17.4 Å². The summed E-state index contributed by atoms with van der Waals surface area (Å²) in [6.07, 6.45) is 0.375. The number of amides is 2. The number of nitrogens with zero attached hydrogens (tertiary/aromatic N) is 1. The highest BCUT2D eigenvalue weighted by molar-refractivity contribution is 7.14. The lowest BCUT2D eigenvalue weighted by Gasteiger charge is -2.17. The molecular weight excluding hydrogens is 442 g/mol. The van der Waals surface area contributed by atoms with Crippen LogP contribution in [0.1, 0.15) is 15.2 Å². The summed E-state index contributed by atoms with van der Waals surface area (Å²) in [6.45, 7) is 0. The Morgan fingerprint density at radius 2 is 1.78 bits per heavy atom. The Morgan fingerprint density at radius 1 is 1.00 bits per heavy atom. The molecule has 0 bridgehead atoms. The van der Waals surface area contributed by atoms with E-state index in [0.717, 1.165) is 22.6 Å². The van der Waals surface area contributed by atoms with Gasteiger partial charge in [0.05, 0.1) is 17.7 Å². The monoisotopic (exact) mass is 463 g/mol. The summed E-state index contributed by atoms with van der Waals surface area (Å²) in [7, 11) is 1.62. The minimum absolute atomic E-state index is 0.269. The second kappa shape index (κ2) is 10.2. The zero-order valence-electron chi connectivity index (χ0n) is 17.3. The molecule has 2 aromatic carbocycles. The van der Waals surface area contributed by atoms with E-state index in [2.05, 4.69) is 15.6 Å². The largest absolute Gasteiger partial charge is 0.497 e. The highest BCUT2D eigenvalue weighted by Gasteiger charge is 2.23. The van der Waals surface area contributed by atoms with Crippen LogP contribution >= 0.6 is 22.7 Å².